The van der Waals surface area contributed by atoms with Crippen molar-refractivity contribution in [1.29, 1.82) is 0 Å². The van der Waals surface area contributed by atoms with E-state index in [4.69, 9.17) is 17.3 Å². The third-order valence-electron chi connectivity index (χ3n) is 2.85. The van der Waals surface area contributed by atoms with Crippen LogP contribution in [0.15, 0.2) is 18.5 Å². The molecule has 0 spiro atoms. The van der Waals surface area contributed by atoms with E-state index in [1.165, 1.54) is 0 Å². The number of hydrogen-bond donors (Lipinski definition) is 1. The molecule has 0 saturated heterocycles. The van der Waals surface area contributed by atoms with Crippen LogP contribution in [0.2, 0.25) is 5.02 Å². The summed E-state index contributed by atoms with van der Waals surface area (Å²) in [7, 11) is 0. The number of carbonyl (C=O) groups excluding carboxylic acids is 1. The summed E-state index contributed by atoms with van der Waals surface area (Å²) < 4.78 is 0. The maximum Gasteiger partial charge on any atom is 0.154 e. The van der Waals surface area contributed by atoms with Crippen LogP contribution in [-0.4, -0.2) is 16.8 Å². The SMILES string of the molecule is CCC(C)C(N)C(=O)Cc1ccncc1Cl. The van der Waals surface area contributed by atoms with E-state index in [9.17, 15) is 4.79 Å². The second-order valence-electron chi connectivity index (χ2n) is 4.02. The van der Waals surface area contributed by atoms with Crippen LogP contribution in [0.1, 0.15) is 25.8 Å². The molecule has 0 aliphatic rings. The first-order chi connectivity index (χ1) is 7.56. The number of carbonyl (C=O) groups is 1. The third-order valence-corrected chi connectivity index (χ3v) is 3.19. The molecule has 0 amide bonds. The molecular formula is C12H17ClN2O. The molecule has 0 aromatic carbocycles. The molecule has 1 aromatic rings. The molecule has 88 valence electrons. The summed E-state index contributed by atoms with van der Waals surface area (Å²) >= 11 is 5.93. The Morgan fingerprint density at radius 1 is 1.62 bits per heavy atom. The molecule has 16 heavy (non-hydrogen) atoms. The number of halogens is 1. The van der Waals surface area contributed by atoms with E-state index in [0.717, 1.165) is 12.0 Å². The molecule has 1 aromatic heterocycles. The van der Waals surface area contributed by atoms with Gasteiger partial charge in [0, 0.05) is 18.8 Å². The summed E-state index contributed by atoms with van der Waals surface area (Å²) in [5, 5.41) is 0.521. The third kappa shape index (κ3) is 3.29. The molecule has 1 rings (SSSR count). The Kier molecular flexibility index (Phi) is 4.90. The van der Waals surface area contributed by atoms with E-state index >= 15 is 0 Å². The molecule has 0 fully saturated rings. The average Bonchev–Trinajstić information content (AvgIpc) is 2.30. The van der Waals surface area contributed by atoms with Crippen LogP contribution in [0.4, 0.5) is 0 Å². The summed E-state index contributed by atoms with van der Waals surface area (Å²) in [5.74, 6) is 0.232. The van der Waals surface area contributed by atoms with Gasteiger partial charge in [-0.25, -0.2) is 0 Å². The number of rotatable bonds is 5. The molecule has 3 nitrogen and oxygen atoms in total. The molecule has 0 radical (unpaired) electrons. The van der Waals surface area contributed by atoms with Crippen molar-refractivity contribution in [1.82, 2.24) is 4.98 Å². The van der Waals surface area contributed by atoms with Crippen LogP contribution in [0.25, 0.3) is 0 Å². The minimum absolute atomic E-state index is 0.0300. The Morgan fingerprint density at radius 2 is 2.31 bits per heavy atom. The van der Waals surface area contributed by atoms with Gasteiger partial charge in [0.1, 0.15) is 0 Å². The van der Waals surface area contributed by atoms with E-state index in [-0.39, 0.29) is 18.1 Å². The van der Waals surface area contributed by atoms with Gasteiger partial charge in [0.15, 0.2) is 5.78 Å². The fraction of sp³-hybridized carbons (Fsp3) is 0.500. The Morgan fingerprint density at radius 3 is 2.88 bits per heavy atom. The van der Waals surface area contributed by atoms with Crippen LogP contribution in [-0.2, 0) is 11.2 Å². The quantitative estimate of drug-likeness (QED) is 0.859. The van der Waals surface area contributed by atoms with Crippen molar-refractivity contribution in [3.05, 3.63) is 29.0 Å². The molecule has 2 atom stereocenters. The highest BCUT2D eigenvalue weighted by Crippen LogP contribution is 2.16. The molecule has 1 heterocycles. The van der Waals surface area contributed by atoms with Crippen LogP contribution in [0, 0.1) is 5.92 Å². The lowest BCUT2D eigenvalue weighted by Gasteiger charge is -2.17. The van der Waals surface area contributed by atoms with Crippen LogP contribution < -0.4 is 5.73 Å². The number of nitrogens with zero attached hydrogens (tertiary/aromatic N) is 1. The fourth-order valence-electron chi connectivity index (χ4n) is 1.42. The lowest BCUT2D eigenvalue weighted by atomic mass is 9.93. The van der Waals surface area contributed by atoms with E-state index in [1.807, 2.05) is 13.8 Å². The first-order valence-corrected chi connectivity index (χ1v) is 5.80. The summed E-state index contributed by atoms with van der Waals surface area (Å²) in [5.41, 5.74) is 6.65. The van der Waals surface area contributed by atoms with Gasteiger partial charge in [0.2, 0.25) is 0 Å². The zero-order chi connectivity index (χ0) is 12.1. The van der Waals surface area contributed by atoms with Gasteiger partial charge in [0.25, 0.3) is 0 Å². The van der Waals surface area contributed by atoms with Crippen molar-refractivity contribution < 1.29 is 4.79 Å². The van der Waals surface area contributed by atoms with Crippen molar-refractivity contribution in [2.24, 2.45) is 11.7 Å². The Hall–Kier alpha value is -0.930. The highest BCUT2D eigenvalue weighted by atomic mass is 35.5. The van der Waals surface area contributed by atoms with E-state index in [0.29, 0.717) is 5.02 Å². The number of aromatic nitrogens is 1. The van der Waals surface area contributed by atoms with Gasteiger partial charge in [-0.1, -0.05) is 31.9 Å². The Bertz CT molecular complexity index is 368. The highest BCUT2D eigenvalue weighted by molar-refractivity contribution is 6.31. The topological polar surface area (TPSA) is 56.0 Å². The number of pyridine rings is 1. The number of hydrogen-bond acceptors (Lipinski definition) is 3. The van der Waals surface area contributed by atoms with Crippen molar-refractivity contribution in [2.75, 3.05) is 0 Å². The summed E-state index contributed by atoms with van der Waals surface area (Å²) in [4.78, 5) is 15.7. The van der Waals surface area contributed by atoms with Gasteiger partial charge in [-0.15, -0.1) is 0 Å². The molecular weight excluding hydrogens is 224 g/mol. The maximum atomic E-state index is 11.9. The van der Waals surface area contributed by atoms with Crippen LogP contribution in [0.3, 0.4) is 0 Å². The van der Waals surface area contributed by atoms with Crippen molar-refractivity contribution in [3.8, 4) is 0 Å². The van der Waals surface area contributed by atoms with Crippen LogP contribution in [0.5, 0.6) is 0 Å². The first-order valence-electron chi connectivity index (χ1n) is 5.43. The molecule has 0 saturated carbocycles. The predicted octanol–water partition coefficient (Wildman–Crippen LogP) is 2.22. The predicted molar refractivity (Wildman–Crippen MR) is 65.4 cm³/mol. The molecule has 0 aliphatic carbocycles. The highest BCUT2D eigenvalue weighted by Gasteiger charge is 2.20. The maximum absolute atomic E-state index is 11.9. The number of nitrogens with two attached hydrogens (primary N) is 1. The smallest absolute Gasteiger partial charge is 0.154 e. The van der Waals surface area contributed by atoms with Crippen LogP contribution >= 0.6 is 11.6 Å². The van der Waals surface area contributed by atoms with E-state index in [2.05, 4.69) is 4.98 Å². The number of ketones is 1. The summed E-state index contributed by atoms with van der Waals surface area (Å²) in [6.07, 6.45) is 4.35. The lowest BCUT2D eigenvalue weighted by Crippen LogP contribution is -2.37. The summed E-state index contributed by atoms with van der Waals surface area (Å²) in [6, 6.07) is 1.35. The zero-order valence-electron chi connectivity index (χ0n) is 9.61. The second kappa shape index (κ2) is 5.97. The van der Waals surface area contributed by atoms with Gasteiger partial charge < -0.3 is 5.73 Å². The minimum atomic E-state index is -0.408. The molecule has 2 N–H and O–H groups in total. The number of Topliss-reactive ketones (excluding diaryl/α,β-unsaturated/α-hetero) is 1. The second-order valence-corrected chi connectivity index (χ2v) is 4.43. The molecule has 2 unspecified atom stereocenters. The monoisotopic (exact) mass is 240 g/mol. The van der Waals surface area contributed by atoms with Crippen molar-refractivity contribution >= 4 is 17.4 Å². The Labute approximate surface area is 101 Å². The largest absolute Gasteiger partial charge is 0.321 e. The lowest BCUT2D eigenvalue weighted by molar-refractivity contribution is -0.120. The first kappa shape index (κ1) is 13.1. The summed E-state index contributed by atoms with van der Waals surface area (Å²) in [6.45, 7) is 4.01. The normalized spacial score (nSPS) is 14.5. The Balaban J connectivity index is 2.68. The van der Waals surface area contributed by atoms with Gasteiger partial charge in [-0.3, -0.25) is 9.78 Å². The van der Waals surface area contributed by atoms with Gasteiger partial charge >= 0.3 is 0 Å². The van der Waals surface area contributed by atoms with E-state index in [1.54, 1.807) is 18.5 Å². The molecule has 4 heteroatoms. The van der Waals surface area contributed by atoms with Gasteiger partial charge in [0.05, 0.1) is 11.1 Å². The zero-order valence-corrected chi connectivity index (χ0v) is 10.4. The minimum Gasteiger partial charge on any atom is -0.321 e. The average molecular weight is 241 g/mol. The fourth-order valence-corrected chi connectivity index (χ4v) is 1.61. The van der Waals surface area contributed by atoms with Gasteiger partial charge in [-0.05, 0) is 17.5 Å². The molecule has 0 bridgehead atoms. The van der Waals surface area contributed by atoms with Gasteiger partial charge in [-0.2, -0.15) is 0 Å². The van der Waals surface area contributed by atoms with Crippen molar-refractivity contribution in [2.45, 2.75) is 32.7 Å². The van der Waals surface area contributed by atoms with Crippen molar-refractivity contribution in [3.63, 3.8) is 0 Å². The standard InChI is InChI=1S/C12H17ClN2O/c1-3-8(2)12(14)11(16)6-9-4-5-15-7-10(9)13/h4-5,7-8,12H,3,6,14H2,1-2H3. The van der Waals surface area contributed by atoms with E-state index < -0.39 is 6.04 Å². The molecule has 0 aliphatic heterocycles.